The van der Waals surface area contributed by atoms with Gasteiger partial charge in [-0.1, -0.05) is 36.4 Å². The van der Waals surface area contributed by atoms with Crippen LogP contribution in [0.3, 0.4) is 0 Å². The van der Waals surface area contributed by atoms with Crippen LogP contribution in [0.4, 0.5) is 0 Å². The Morgan fingerprint density at radius 3 is 2.50 bits per heavy atom. The van der Waals surface area contributed by atoms with Crippen LogP contribution in [0.25, 0.3) is 10.9 Å². The van der Waals surface area contributed by atoms with Gasteiger partial charge in [0.15, 0.2) is 0 Å². The number of hydrogen-bond donors (Lipinski definition) is 0. The molecule has 3 aromatic rings. The minimum Gasteiger partial charge on any atom is -0.550 e. The van der Waals surface area contributed by atoms with Gasteiger partial charge in [-0.25, -0.2) is 4.98 Å². The van der Waals surface area contributed by atoms with Crippen LogP contribution in [0.1, 0.15) is 17.7 Å². The summed E-state index contributed by atoms with van der Waals surface area (Å²) in [4.78, 5) is 15.0. The largest absolute Gasteiger partial charge is 1.00 e. The van der Waals surface area contributed by atoms with Crippen LogP contribution in [-0.2, 0) is 17.8 Å². The molecule has 0 radical (unpaired) electrons. The number of pyridine rings is 1. The summed E-state index contributed by atoms with van der Waals surface area (Å²) >= 11 is 0. The van der Waals surface area contributed by atoms with Crippen LogP contribution in [0.2, 0.25) is 0 Å². The van der Waals surface area contributed by atoms with Crippen molar-refractivity contribution >= 4 is 16.9 Å². The van der Waals surface area contributed by atoms with Crippen LogP contribution in [0.15, 0.2) is 60.7 Å². The number of carboxylic acid groups (broad SMARTS) is 1. The maximum Gasteiger partial charge on any atom is 1.00 e. The first-order valence-corrected chi connectivity index (χ1v) is 7.47. The molecular formula is C19H16NNaO3. The molecule has 0 fully saturated rings. The van der Waals surface area contributed by atoms with Crippen molar-refractivity contribution in [3.63, 3.8) is 0 Å². The van der Waals surface area contributed by atoms with Gasteiger partial charge in [-0.15, -0.1) is 0 Å². The quantitative estimate of drug-likeness (QED) is 0.572. The van der Waals surface area contributed by atoms with Gasteiger partial charge in [0.2, 0.25) is 0 Å². The SMILES string of the molecule is O=C([O-])CCc1ccc(OCc2ccc3ccccc3n2)cc1.[Na+]. The van der Waals surface area contributed by atoms with Crippen molar-refractivity contribution < 1.29 is 44.2 Å². The molecule has 1 aromatic heterocycles. The molecule has 0 saturated carbocycles. The molecule has 0 spiro atoms. The maximum absolute atomic E-state index is 10.4. The fraction of sp³-hybridized carbons (Fsp3) is 0.158. The van der Waals surface area contributed by atoms with E-state index < -0.39 is 5.97 Å². The molecule has 5 heteroatoms. The molecule has 0 bridgehead atoms. The summed E-state index contributed by atoms with van der Waals surface area (Å²) in [6.45, 7) is 0.392. The summed E-state index contributed by atoms with van der Waals surface area (Å²) in [6, 6.07) is 19.4. The number of carboxylic acids is 1. The van der Waals surface area contributed by atoms with Crippen molar-refractivity contribution in [1.82, 2.24) is 4.98 Å². The Hall–Kier alpha value is -1.88. The maximum atomic E-state index is 10.4. The predicted octanol–water partition coefficient (Wildman–Crippen LogP) is -0.500. The molecule has 24 heavy (non-hydrogen) atoms. The van der Waals surface area contributed by atoms with Crippen molar-refractivity contribution in [2.45, 2.75) is 19.4 Å². The molecule has 1 heterocycles. The van der Waals surface area contributed by atoms with Crippen LogP contribution in [0.5, 0.6) is 5.75 Å². The number of carbonyl (C=O) groups is 1. The molecule has 0 amide bonds. The summed E-state index contributed by atoms with van der Waals surface area (Å²) in [7, 11) is 0. The topological polar surface area (TPSA) is 62.2 Å². The number of fused-ring (bicyclic) bond motifs is 1. The zero-order chi connectivity index (χ0) is 16.1. The summed E-state index contributed by atoms with van der Waals surface area (Å²) in [5, 5.41) is 11.6. The van der Waals surface area contributed by atoms with Crippen molar-refractivity contribution in [3.05, 3.63) is 71.9 Å². The van der Waals surface area contributed by atoms with Gasteiger partial charge >= 0.3 is 29.6 Å². The van der Waals surface area contributed by atoms with E-state index in [1.807, 2.05) is 60.7 Å². The first-order valence-electron chi connectivity index (χ1n) is 7.47. The predicted molar refractivity (Wildman–Crippen MR) is 85.8 cm³/mol. The van der Waals surface area contributed by atoms with Gasteiger partial charge < -0.3 is 14.6 Å². The first-order chi connectivity index (χ1) is 11.2. The Morgan fingerprint density at radius 2 is 1.75 bits per heavy atom. The summed E-state index contributed by atoms with van der Waals surface area (Å²) in [5.41, 5.74) is 2.77. The summed E-state index contributed by atoms with van der Waals surface area (Å²) < 4.78 is 5.73. The standard InChI is InChI=1S/C19H17NO3.Na/c21-19(22)12-7-14-5-10-17(11-6-14)23-13-16-9-8-15-3-1-2-4-18(15)20-16;/h1-6,8-11H,7,12-13H2,(H,21,22);/q;+1/p-1. The van der Waals surface area contributed by atoms with Crippen molar-refractivity contribution in [1.29, 1.82) is 0 Å². The normalized spacial score (nSPS) is 10.2. The van der Waals surface area contributed by atoms with E-state index in [0.717, 1.165) is 27.9 Å². The van der Waals surface area contributed by atoms with Gasteiger partial charge in [0.05, 0.1) is 11.2 Å². The molecule has 0 aliphatic rings. The third kappa shape index (κ3) is 5.06. The Labute approximate surface area is 162 Å². The Balaban J connectivity index is 0.00000208. The van der Waals surface area contributed by atoms with E-state index in [4.69, 9.17) is 4.74 Å². The minimum absolute atomic E-state index is 0. The van der Waals surface area contributed by atoms with Gasteiger partial charge in [-0.05, 0) is 42.7 Å². The van der Waals surface area contributed by atoms with Crippen LogP contribution < -0.4 is 39.4 Å². The average Bonchev–Trinajstić information content (AvgIpc) is 2.59. The Morgan fingerprint density at radius 1 is 1.00 bits per heavy atom. The molecule has 0 atom stereocenters. The second-order valence-electron chi connectivity index (χ2n) is 5.30. The first kappa shape index (κ1) is 18.5. The fourth-order valence-corrected chi connectivity index (χ4v) is 2.34. The fourth-order valence-electron chi connectivity index (χ4n) is 2.34. The van der Waals surface area contributed by atoms with Crippen molar-refractivity contribution in [2.75, 3.05) is 0 Å². The third-order valence-corrected chi connectivity index (χ3v) is 3.58. The molecule has 0 saturated heterocycles. The Kier molecular flexibility index (Phi) is 6.79. The molecule has 0 aliphatic carbocycles. The molecule has 3 rings (SSSR count). The zero-order valence-electron chi connectivity index (χ0n) is 13.6. The monoisotopic (exact) mass is 329 g/mol. The van der Waals surface area contributed by atoms with Gasteiger partial charge in [-0.2, -0.15) is 0 Å². The van der Waals surface area contributed by atoms with Crippen LogP contribution in [-0.4, -0.2) is 11.0 Å². The number of aliphatic carboxylic acids is 1. The number of aromatic nitrogens is 1. The molecule has 4 nitrogen and oxygen atoms in total. The smallest absolute Gasteiger partial charge is 0.550 e. The number of carbonyl (C=O) groups excluding carboxylic acids is 1. The van der Waals surface area contributed by atoms with Crippen molar-refractivity contribution in [2.24, 2.45) is 0 Å². The number of rotatable bonds is 6. The van der Waals surface area contributed by atoms with Gasteiger partial charge in [0.25, 0.3) is 0 Å². The molecule has 2 aromatic carbocycles. The van der Waals surface area contributed by atoms with Crippen molar-refractivity contribution in [3.8, 4) is 5.75 Å². The summed E-state index contributed by atoms with van der Waals surface area (Å²) in [5.74, 6) is -0.301. The van der Waals surface area contributed by atoms with E-state index >= 15 is 0 Å². The molecule has 0 N–H and O–H groups in total. The second-order valence-corrected chi connectivity index (χ2v) is 5.30. The van der Waals surface area contributed by atoms with E-state index in [2.05, 4.69) is 4.98 Å². The number of nitrogens with zero attached hydrogens (tertiary/aromatic N) is 1. The molecule has 0 unspecified atom stereocenters. The summed E-state index contributed by atoms with van der Waals surface area (Å²) in [6.07, 6.45) is 0.496. The van der Waals surface area contributed by atoms with E-state index in [0.29, 0.717) is 13.0 Å². The van der Waals surface area contributed by atoms with Gasteiger partial charge in [0.1, 0.15) is 12.4 Å². The number of ether oxygens (including phenoxy) is 1. The van der Waals surface area contributed by atoms with Gasteiger partial charge in [0, 0.05) is 11.4 Å². The van der Waals surface area contributed by atoms with Crippen LogP contribution in [0, 0.1) is 0 Å². The van der Waals surface area contributed by atoms with E-state index in [1.54, 1.807) is 0 Å². The average molecular weight is 329 g/mol. The third-order valence-electron chi connectivity index (χ3n) is 3.58. The molecular weight excluding hydrogens is 313 g/mol. The van der Waals surface area contributed by atoms with Gasteiger partial charge in [-0.3, -0.25) is 0 Å². The zero-order valence-corrected chi connectivity index (χ0v) is 15.6. The van der Waals surface area contributed by atoms with E-state index in [9.17, 15) is 9.90 Å². The molecule has 0 aliphatic heterocycles. The van der Waals surface area contributed by atoms with E-state index in [-0.39, 0.29) is 36.0 Å². The minimum atomic E-state index is -1.03. The number of aryl methyl sites for hydroxylation is 1. The Bertz CT molecular complexity index is 818. The number of para-hydroxylation sites is 1. The van der Waals surface area contributed by atoms with E-state index in [1.165, 1.54) is 0 Å². The number of benzene rings is 2. The van der Waals surface area contributed by atoms with Crippen LogP contribution >= 0.6 is 0 Å². The molecule has 116 valence electrons. The second kappa shape index (κ2) is 8.83. The number of hydrogen-bond acceptors (Lipinski definition) is 4.